The van der Waals surface area contributed by atoms with Crippen LogP contribution in [0, 0.1) is 6.92 Å². The van der Waals surface area contributed by atoms with Crippen LogP contribution in [0.25, 0.3) is 0 Å². The van der Waals surface area contributed by atoms with Gasteiger partial charge in [-0.2, -0.15) is 0 Å². The summed E-state index contributed by atoms with van der Waals surface area (Å²) in [5.74, 6) is 0.912. The quantitative estimate of drug-likeness (QED) is 0.775. The van der Waals surface area contributed by atoms with Crippen molar-refractivity contribution in [3.8, 4) is 0 Å². The van der Waals surface area contributed by atoms with E-state index in [1.807, 2.05) is 6.92 Å². The molecule has 3 heteroatoms. The third-order valence-corrected chi connectivity index (χ3v) is 1.99. The largest absolute Gasteiger partial charge is 0.310 e. The van der Waals surface area contributed by atoms with Gasteiger partial charge in [-0.15, -0.1) is 0 Å². The fraction of sp³-hybridized carbons (Fsp3) is 0.636. The topological polar surface area (TPSA) is 37.8 Å². The highest BCUT2D eigenvalue weighted by Crippen LogP contribution is 2.03. The molecular formula is C11H19N3. The molecule has 0 saturated heterocycles. The van der Waals surface area contributed by atoms with Crippen LogP contribution in [-0.2, 0) is 13.0 Å². The first kappa shape index (κ1) is 11.1. The van der Waals surface area contributed by atoms with Crippen LogP contribution in [0.15, 0.2) is 6.07 Å². The summed E-state index contributed by atoms with van der Waals surface area (Å²) >= 11 is 0. The van der Waals surface area contributed by atoms with Crippen LogP contribution in [0.5, 0.6) is 0 Å². The number of hydrogen-bond acceptors (Lipinski definition) is 3. The summed E-state index contributed by atoms with van der Waals surface area (Å²) in [6, 6.07) is 2.07. The Morgan fingerprint density at radius 2 is 2.07 bits per heavy atom. The molecule has 1 heterocycles. The molecule has 0 saturated carbocycles. The summed E-state index contributed by atoms with van der Waals surface area (Å²) in [6.07, 6.45) is 2.18. The first-order valence-electron chi connectivity index (χ1n) is 5.30. The minimum atomic E-state index is 0.773. The summed E-state index contributed by atoms with van der Waals surface area (Å²) in [7, 11) is 0. The molecule has 0 unspecified atom stereocenters. The Bertz CT molecular complexity index is 284. The van der Waals surface area contributed by atoms with Gasteiger partial charge in [0.1, 0.15) is 5.82 Å². The van der Waals surface area contributed by atoms with E-state index in [0.29, 0.717) is 0 Å². The summed E-state index contributed by atoms with van der Waals surface area (Å²) in [5, 5.41) is 3.24. The third-order valence-electron chi connectivity index (χ3n) is 1.99. The van der Waals surface area contributed by atoms with Crippen molar-refractivity contribution in [1.29, 1.82) is 0 Å². The van der Waals surface area contributed by atoms with Crippen molar-refractivity contribution in [3.63, 3.8) is 0 Å². The zero-order valence-corrected chi connectivity index (χ0v) is 9.30. The average molecular weight is 193 g/mol. The second-order valence-corrected chi connectivity index (χ2v) is 3.45. The highest BCUT2D eigenvalue weighted by atomic mass is 15.0. The highest BCUT2D eigenvalue weighted by molar-refractivity contribution is 5.10. The second kappa shape index (κ2) is 5.70. The lowest BCUT2D eigenvalue weighted by atomic mass is 10.2. The van der Waals surface area contributed by atoms with E-state index in [9.17, 15) is 0 Å². The smallest absolute Gasteiger partial charge is 0.142 e. The first-order chi connectivity index (χ1) is 6.76. The van der Waals surface area contributed by atoms with Crippen LogP contribution in [0.4, 0.5) is 0 Å². The maximum Gasteiger partial charge on any atom is 0.142 e. The summed E-state index contributed by atoms with van der Waals surface area (Å²) in [6.45, 7) is 8.01. The normalized spacial score (nSPS) is 10.5. The van der Waals surface area contributed by atoms with Crippen molar-refractivity contribution in [2.45, 2.75) is 40.2 Å². The molecular weight excluding hydrogens is 174 g/mol. The van der Waals surface area contributed by atoms with Crippen molar-refractivity contribution in [2.75, 3.05) is 6.54 Å². The van der Waals surface area contributed by atoms with Crippen LogP contribution in [0.3, 0.4) is 0 Å². The van der Waals surface area contributed by atoms with Crippen LogP contribution in [0.2, 0.25) is 0 Å². The maximum absolute atomic E-state index is 4.49. The lowest BCUT2D eigenvalue weighted by Gasteiger charge is -2.05. The van der Waals surface area contributed by atoms with Crippen molar-refractivity contribution in [1.82, 2.24) is 15.3 Å². The van der Waals surface area contributed by atoms with E-state index in [4.69, 9.17) is 0 Å². The summed E-state index contributed by atoms with van der Waals surface area (Å²) in [4.78, 5) is 8.87. The van der Waals surface area contributed by atoms with E-state index in [0.717, 1.165) is 43.1 Å². The van der Waals surface area contributed by atoms with E-state index in [1.54, 1.807) is 0 Å². The molecule has 0 spiro atoms. The van der Waals surface area contributed by atoms with E-state index >= 15 is 0 Å². The standard InChI is InChI=1S/C11H19N3/c1-4-6-10-7-9(3)13-11(14-10)8-12-5-2/h7,12H,4-6,8H2,1-3H3. The second-order valence-electron chi connectivity index (χ2n) is 3.45. The summed E-state index contributed by atoms with van der Waals surface area (Å²) < 4.78 is 0. The zero-order valence-electron chi connectivity index (χ0n) is 9.30. The predicted molar refractivity (Wildman–Crippen MR) is 58.1 cm³/mol. The Balaban J connectivity index is 2.73. The highest BCUT2D eigenvalue weighted by Gasteiger charge is 2.00. The maximum atomic E-state index is 4.49. The first-order valence-corrected chi connectivity index (χ1v) is 5.30. The number of nitrogens with zero attached hydrogens (tertiary/aromatic N) is 2. The zero-order chi connectivity index (χ0) is 10.4. The van der Waals surface area contributed by atoms with E-state index in [2.05, 4.69) is 35.2 Å². The SMILES string of the molecule is CCCc1cc(C)nc(CNCC)n1. The Labute approximate surface area is 86.0 Å². The molecule has 0 bridgehead atoms. The molecule has 1 aromatic heterocycles. The van der Waals surface area contributed by atoms with Gasteiger partial charge in [-0.05, 0) is 26.0 Å². The number of aromatic nitrogens is 2. The molecule has 0 aliphatic carbocycles. The summed E-state index contributed by atoms with van der Waals surface area (Å²) in [5.41, 5.74) is 2.23. The Hall–Kier alpha value is -0.960. The van der Waals surface area contributed by atoms with Gasteiger partial charge >= 0.3 is 0 Å². The van der Waals surface area contributed by atoms with Crippen molar-refractivity contribution in [3.05, 3.63) is 23.3 Å². The van der Waals surface area contributed by atoms with Gasteiger partial charge in [0.15, 0.2) is 0 Å². The molecule has 1 rings (SSSR count). The molecule has 14 heavy (non-hydrogen) atoms. The van der Waals surface area contributed by atoms with Gasteiger partial charge in [0.2, 0.25) is 0 Å². The van der Waals surface area contributed by atoms with Gasteiger partial charge in [0, 0.05) is 11.4 Å². The molecule has 0 amide bonds. The minimum absolute atomic E-state index is 0.773. The van der Waals surface area contributed by atoms with E-state index in [-0.39, 0.29) is 0 Å². The van der Waals surface area contributed by atoms with Crippen LogP contribution < -0.4 is 5.32 Å². The molecule has 1 N–H and O–H groups in total. The van der Waals surface area contributed by atoms with Crippen LogP contribution in [0.1, 0.15) is 37.5 Å². The van der Waals surface area contributed by atoms with Crippen molar-refractivity contribution >= 4 is 0 Å². The third kappa shape index (κ3) is 3.42. The molecule has 0 radical (unpaired) electrons. The molecule has 78 valence electrons. The number of hydrogen-bond donors (Lipinski definition) is 1. The molecule has 1 aromatic rings. The van der Waals surface area contributed by atoms with E-state index < -0.39 is 0 Å². The van der Waals surface area contributed by atoms with Crippen LogP contribution >= 0.6 is 0 Å². The van der Waals surface area contributed by atoms with Gasteiger partial charge in [-0.25, -0.2) is 9.97 Å². The monoisotopic (exact) mass is 193 g/mol. The van der Waals surface area contributed by atoms with Gasteiger partial charge in [-0.3, -0.25) is 0 Å². The molecule has 0 aliphatic rings. The van der Waals surface area contributed by atoms with Gasteiger partial charge in [0.25, 0.3) is 0 Å². The molecule has 0 aliphatic heterocycles. The van der Waals surface area contributed by atoms with Crippen LogP contribution in [-0.4, -0.2) is 16.5 Å². The fourth-order valence-electron chi connectivity index (χ4n) is 1.40. The molecule has 0 aromatic carbocycles. The lowest BCUT2D eigenvalue weighted by molar-refractivity contribution is 0.679. The van der Waals surface area contributed by atoms with Crippen molar-refractivity contribution < 1.29 is 0 Å². The number of aryl methyl sites for hydroxylation is 2. The molecule has 0 atom stereocenters. The van der Waals surface area contributed by atoms with Gasteiger partial charge < -0.3 is 5.32 Å². The number of nitrogens with one attached hydrogen (secondary N) is 1. The van der Waals surface area contributed by atoms with Gasteiger partial charge in [0.05, 0.1) is 6.54 Å². The molecule has 3 nitrogen and oxygen atoms in total. The fourth-order valence-corrected chi connectivity index (χ4v) is 1.40. The molecule has 0 fully saturated rings. The Morgan fingerprint density at radius 3 is 2.71 bits per heavy atom. The van der Waals surface area contributed by atoms with Gasteiger partial charge in [-0.1, -0.05) is 20.3 Å². The predicted octanol–water partition coefficient (Wildman–Crippen LogP) is 1.85. The average Bonchev–Trinajstić information content (AvgIpc) is 2.14. The Morgan fingerprint density at radius 1 is 1.29 bits per heavy atom. The van der Waals surface area contributed by atoms with Crippen molar-refractivity contribution in [2.24, 2.45) is 0 Å². The lowest BCUT2D eigenvalue weighted by Crippen LogP contribution is -2.15. The Kier molecular flexibility index (Phi) is 4.53. The van der Waals surface area contributed by atoms with E-state index in [1.165, 1.54) is 0 Å². The number of rotatable bonds is 5. The minimum Gasteiger partial charge on any atom is -0.310 e.